The van der Waals surface area contributed by atoms with E-state index >= 15 is 0 Å². The number of hydrogen-bond acceptors (Lipinski definition) is 4. The number of methoxy groups -OCH3 is 1. The molecule has 0 amide bonds. The quantitative estimate of drug-likeness (QED) is 0.241. The molecule has 166 valence electrons. The Hall–Kier alpha value is -3.75. The fourth-order valence-electron chi connectivity index (χ4n) is 3.55. The van der Waals surface area contributed by atoms with Gasteiger partial charge in [-0.25, -0.2) is 4.57 Å². The first-order valence-electron chi connectivity index (χ1n) is 10.6. The van der Waals surface area contributed by atoms with E-state index in [9.17, 15) is 4.57 Å². The highest BCUT2D eigenvalue weighted by atomic mass is 31.2. The minimum atomic E-state index is -3.88. The fourth-order valence-corrected chi connectivity index (χ4v) is 5.70. The third kappa shape index (κ3) is 5.36. The lowest BCUT2D eigenvalue weighted by molar-refractivity contribution is 0.380. The summed E-state index contributed by atoms with van der Waals surface area (Å²) >= 11 is 0. The van der Waals surface area contributed by atoms with Crippen LogP contribution in [0.2, 0.25) is 0 Å². The molecule has 1 atom stereocenters. The normalized spacial score (nSPS) is 11.9. The maximum atomic E-state index is 14.7. The molecule has 0 heterocycles. The second-order valence-corrected chi connectivity index (χ2v) is 9.38. The summed E-state index contributed by atoms with van der Waals surface area (Å²) < 4.78 is 32.3. The van der Waals surface area contributed by atoms with Crippen molar-refractivity contribution in [1.29, 1.82) is 0 Å². The van der Waals surface area contributed by atoms with Crippen LogP contribution in [0.15, 0.2) is 122 Å². The molecule has 33 heavy (non-hydrogen) atoms. The summed E-state index contributed by atoms with van der Waals surface area (Å²) in [5.74, 6) is 1.61. The molecule has 4 aromatic carbocycles. The molecule has 0 fully saturated rings. The first-order valence-corrected chi connectivity index (χ1v) is 12.2. The molecule has 4 rings (SSSR count). The molecule has 0 saturated heterocycles. The number of benzene rings is 4. The molecule has 0 bridgehead atoms. The van der Waals surface area contributed by atoms with Gasteiger partial charge in [0.05, 0.1) is 7.11 Å². The van der Waals surface area contributed by atoms with Gasteiger partial charge in [-0.3, -0.25) is 0 Å². The van der Waals surface area contributed by atoms with Gasteiger partial charge in [0.25, 0.3) is 0 Å². The molecule has 0 radical (unpaired) electrons. The smallest absolute Gasteiger partial charge is 0.442 e. The standard InChI is InChI=1S/C28H25O4P/c1-22(23-12-6-3-7-13-23)28(24-18-20-25(30-2)21-19-24)33(29,31-26-14-8-4-9-15-26)32-27-16-10-5-11-17-27/h3-21,28H,1H2,2H3. The molecular weight excluding hydrogens is 431 g/mol. The van der Waals surface area contributed by atoms with Gasteiger partial charge in [0.15, 0.2) is 0 Å². The van der Waals surface area contributed by atoms with Crippen LogP contribution in [0.1, 0.15) is 16.8 Å². The minimum Gasteiger partial charge on any atom is -0.497 e. The number of rotatable bonds is 9. The lowest BCUT2D eigenvalue weighted by Gasteiger charge is -2.29. The predicted octanol–water partition coefficient (Wildman–Crippen LogP) is 7.80. The third-order valence-electron chi connectivity index (χ3n) is 5.17. The molecule has 0 spiro atoms. The van der Waals surface area contributed by atoms with Crippen molar-refractivity contribution in [2.45, 2.75) is 5.66 Å². The average Bonchev–Trinajstić information content (AvgIpc) is 2.86. The monoisotopic (exact) mass is 456 g/mol. The molecule has 0 aliphatic carbocycles. The summed E-state index contributed by atoms with van der Waals surface area (Å²) in [6, 6.07) is 35.2. The van der Waals surface area contributed by atoms with Crippen molar-refractivity contribution in [1.82, 2.24) is 0 Å². The lowest BCUT2D eigenvalue weighted by Crippen LogP contribution is -2.12. The number of para-hydroxylation sites is 2. The first kappa shape index (κ1) is 22.4. The fraction of sp³-hybridized carbons (Fsp3) is 0.0714. The molecule has 0 N–H and O–H groups in total. The van der Waals surface area contributed by atoms with Gasteiger partial charge >= 0.3 is 7.60 Å². The molecular formula is C28H25O4P. The van der Waals surface area contributed by atoms with Gasteiger partial charge < -0.3 is 13.8 Å². The zero-order chi connectivity index (χ0) is 23.1. The van der Waals surface area contributed by atoms with Gasteiger partial charge in [0, 0.05) is 0 Å². The van der Waals surface area contributed by atoms with Gasteiger partial charge in [0.1, 0.15) is 22.9 Å². The molecule has 0 aliphatic heterocycles. The van der Waals surface area contributed by atoms with E-state index in [1.54, 1.807) is 31.4 Å². The highest BCUT2D eigenvalue weighted by Gasteiger charge is 2.43. The number of hydrogen-bond donors (Lipinski definition) is 0. The molecule has 0 aromatic heterocycles. The van der Waals surface area contributed by atoms with E-state index in [-0.39, 0.29) is 0 Å². The van der Waals surface area contributed by atoms with Crippen LogP contribution in [0.5, 0.6) is 17.2 Å². The van der Waals surface area contributed by atoms with Gasteiger partial charge in [-0.2, -0.15) is 0 Å². The molecule has 5 heteroatoms. The summed E-state index contributed by atoms with van der Waals surface area (Å²) in [7, 11) is -2.27. The van der Waals surface area contributed by atoms with Gasteiger partial charge in [-0.15, -0.1) is 0 Å². The molecule has 0 saturated carbocycles. The Morgan fingerprint density at radius 1 is 0.667 bits per heavy atom. The van der Waals surface area contributed by atoms with E-state index < -0.39 is 13.3 Å². The van der Waals surface area contributed by atoms with Crippen molar-refractivity contribution < 1.29 is 18.3 Å². The molecule has 1 unspecified atom stereocenters. The Morgan fingerprint density at radius 3 is 1.58 bits per heavy atom. The van der Waals surface area contributed by atoms with E-state index in [0.29, 0.717) is 22.8 Å². The highest BCUT2D eigenvalue weighted by Crippen LogP contribution is 2.64. The van der Waals surface area contributed by atoms with Crippen molar-refractivity contribution in [3.05, 3.63) is 133 Å². The largest absolute Gasteiger partial charge is 0.497 e. The van der Waals surface area contributed by atoms with Crippen molar-refractivity contribution in [2.75, 3.05) is 7.11 Å². The summed E-state index contributed by atoms with van der Waals surface area (Å²) in [6.45, 7) is 4.33. The van der Waals surface area contributed by atoms with Crippen molar-refractivity contribution in [2.24, 2.45) is 0 Å². The summed E-state index contributed by atoms with van der Waals surface area (Å²) in [5.41, 5.74) is 1.48. The second-order valence-electron chi connectivity index (χ2n) is 7.42. The Kier molecular flexibility index (Phi) is 6.97. The SMILES string of the molecule is C=C(c1ccccc1)C(c1ccc(OC)cc1)P(=O)(Oc1ccccc1)Oc1ccccc1. The highest BCUT2D eigenvalue weighted by molar-refractivity contribution is 7.55. The van der Waals surface area contributed by atoms with E-state index in [1.807, 2.05) is 91.0 Å². The second kappa shape index (κ2) is 10.2. The van der Waals surface area contributed by atoms with Gasteiger partial charge in [-0.1, -0.05) is 85.4 Å². The van der Waals surface area contributed by atoms with Crippen LogP contribution in [0.3, 0.4) is 0 Å². The molecule has 0 aliphatic rings. The topological polar surface area (TPSA) is 44.8 Å². The van der Waals surface area contributed by atoms with E-state index in [1.165, 1.54) is 0 Å². The number of ether oxygens (including phenoxy) is 1. The van der Waals surface area contributed by atoms with Crippen LogP contribution in [-0.4, -0.2) is 7.11 Å². The van der Waals surface area contributed by atoms with Crippen LogP contribution in [0.4, 0.5) is 0 Å². The van der Waals surface area contributed by atoms with Crippen LogP contribution in [0, 0.1) is 0 Å². The van der Waals surface area contributed by atoms with Crippen molar-refractivity contribution in [3.8, 4) is 17.2 Å². The third-order valence-corrected chi connectivity index (χ3v) is 7.35. The van der Waals surface area contributed by atoms with Crippen LogP contribution in [0.25, 0.3) is 5.57 Å². The zero-order valence-corrected chi connectivity index (χ0v) is 19.2. The lowest BCUT2D eigenvalue weighted by atomic mass is 9.99. The van der Waals surface area contributed by atoms with E-state index in [0.717, 1.165) is 11.1 Å². The minimum absolute atomic E-state index is 0.455. The average molecular weight is 456 g/mol. The first-order chi connectivity index (χ1) is 16.1. The Labute approximate surface area is 194 Å². The zero-order valence-electron chi connectivity index (χ0n) is 18.3. The maximum Gasteiger partial charge on any atom is 0.442 e. The van der Waals surface area contributed by atoms with Crippen molar-refractivity contribution in [3.63, 3.8) is 0 Å². The van der Waals surface area contributed by atoms with Crippen LogP contribution >= 0.6 is 7.60 Å². The Bertz CT molecular complexity index is 1180. The summed E-state index contributed by atoms with van der Waals surface area (Å²) in [6.07, 6.45) is 0. The maximum absolute atomic E-state index is 14.7. The van der Waals surface area contributed by atoms with Crippen molar-refractivity contribution >= 4 is 13.2 Å². The van der Waals surface area contributed by atoms with Gasteiger partial charge in [0.2, 0.25) is 0 Å². The number of allylic oxidation sites excluding steroid dienone is 1. The Balaban J connectivity index is 1.85. The van der Waals surface area contributed by atoms with E-state index in [4.69, 9.17) is 13.8 Å². The Morgan fingerprint density at radius 2 is 1.12 bits per heavy atom. The van der Waals surface area contributed by atoms with Crippen LogP contribution < -0.4 is 13.8 Å². The summed E-state index contributed by atoms with van der Waals surface area (Å²) in [5, 5.41) is 0. The predicted molar refractivity (Wildman–Crippen MR) is 133 cm³/mol. The summed E-state index contributed by atoms with van der Waals surface area (Å²) in [4.78, 5) is 0. The molecule has 4 aromatic rings. The molecule has 4 nitrogen and oxygen atoms in total. The van der Waals surface area contributed by atoms with Gasteiger partial charge in [-0.05, 0) is 53.1 Å². The van der Waals surface area contributed by atoms with Crippen LogP contribution in [-0.2, 0) is 4.57 Å². The van der Waals surface area contributed by atoms with E-state index in [2.05, 4.69) is 6.58 Å².